The van der Waals surface area contributed by atoms with Gasteiger partial charge in [-0.3, -0.25) is 19.3 Å². The number of aryl methyl sites for hydroxylation is 1. The maximum atomic E-state index is 12.5. The second-order valence-electron chi connectivity index (χ2n) is 6.33. The molecule has 1 saturated heterocycles. The van der Waals surface area contributed by atoms with Crippen LogP contribution < -0.4 is 0 Å². The first-order valence-electron chi connectivity index (χ1n) is 7.91. The van der Waals surface area contributed by atoms with E-state index in [0.29, 0.717) is 31.5 Å². The van der Waals surface area contributed by atoms with Crippen LogP contribution in [0.2, 0.25) is 0 Å². The van der Waals surface area contributed by atoms with Crippen LogP contribution in [0.1, 0.15) is 39.5 Å². The molecule has 0 saturated carbocycles. The summed E-state index contributed by atoms with van der Waals surface area (Å²) in [5, 5.41) is 4.08. The number of nitrogens with zero attached hydrogens (tertiary/aromatic N) is 6. The van der Waals surface area contributed by atoms with Crippen LogP contribution in [0.3, 0.4) is 0 Å². The summed E-state index contributed by atoms with van der Waals surface area (Å²) in [5.41, 5.74) is 1.09. The number of likely N-dealkylation sites (tertiary alicyclic amines) is 1. The van der Waals surface area contributed by atoms with Crippen molar-refractivity contribution in [2.75, 3.05) is 20.1 Å². The molecule has 24 heavy (non-hydrogen) atoms. The Morgan fingerprint density at radius 2 is 1.96 bits per heavy atom. The standard InChI is InChI=1S/C16H18N6O2/c1-20-10-18-13(19-20)15(24)22-8-5-16(6-9-22)12-11(4-3-7-17-12)14(23)21(16)2/h3-4,7,10H,5-6,8-9H2,1-2H3. The van der Waals surface area contributed by atoms with Gasteiger partial charge in [0.2, 0.25) is 5.82 Å². The van der Waals surface area contributed by atoms with Gasteiger partial charge in [0.1, 0.15) is 6.33 Å². The van der Waals surface area contributed by atoms with Crippen molar-refractivity contribution < 1.29 is 9.59 Å². The summed E-state index contributed by atoms with van der Waals surface area (Å²) in [6.45, 7) is 1.09. The lowest BCUT2D eigenvalue weighted by Gasteiger charge is -2.43. The Morgan fingerprint density at radius 1 is 1.21 bits per heavy atom. The Morgan fingerprint density at radius 3 is 2.62 bits per heavy atom. The summed E-state index contributed by atoms with van der Waals surface area (Å²) >= 11 is 0. The number of piperidine rings is 1. The Hall–Kier alpha value is -2.77. The third kappa shape index (κ3) is 1.95. The molecule has 2 aromatic rings. The van der Waals surface area contributed by atoms with Gasteiger partial charge in [-0.05, 0) is 25.0 Å². The fourth-order valence-electron chi connectivity index (χ4n) is 3.71. The molecule has 0 aliphatic carbocycles. The molecule has 1 fully saturated rings. The highest BCUT2D eigenvalue weighted by Gasteiger charge is 2.50. The molecular weight excluding hydrogens is 308 g/mol. The Labute approximate surface area is 139 Å². The number of amides is 2. The number of hydrogen-bond acceptors (Lipinski definition) is 5. The predicted octanol–water partition coefficient (Wildman–Crippen LogP) is 0.427. The highest BCUT2D eigenvalue weighted by atomic mass is 16.2. The minimum absolute atomic E-state index is 0.00395. The van der Waals surface area contributed by atoms with E-state index in [1.54, 1.807) is 29.1 Å². The smallest absolute Gasteiger partial charge is 0.293 e. The van der Waals surface area contributed by atoms with Crippen LogP contribution in [0.15, 0.2) is 24.7 Å². The fraction of sp³-hybridized carbons (Fsp3) is 0.438. The number of pyridine rings is 1. The zero-order valence-electron chi connectivity index (χ0n) is 13.6. The lowest BCUT2D eigenvalue weighted by atomic mass is 9.84. The van der Waals surface area contributed by atoms with Gasteiger partial charge in [-0.2, -0.15) is 0 Å². The molecule has 0 atom stereocenters. The Kier molecular flexibility index (Phi) is 3.16. The molecule has 0 radical (unpaired) electrons. The minimum atomic E-state index is -0.415. The maximum Gasteiger partial charge on any atom is 0.293 e. The highest BCUT2D eigenvalue weighted by molar-refractivity contribution is 5.99. The first-order valence-corrected chi connectivity index (χ1v) is 7.91. The van der Waals surface area contributed by atoms with Gasteiger partial charge in [0.05, 0.1) is 16.8 Å². The molecule has 124 valence electrons. The largest absolute Gasteiger partial charge is 0.336 e. The van der Waals surface area contributed by atoms with Crippen molar-refractivity contribution in [3.63, 3.8) is 0 Å². The molecule has 2 aromatic heterocycles. The molecule has 2 amide bonds. The van der Waals surface area contributed by atoms with Crippen molar-refractivity contribution in [1.82, 2.24) is 29.5 Å². The molecule has 0 bridgehead atoms. The quantitative estimate of drug-likeness (QED) is 0.759. The van der Waals surface area contributed by atoms with E-state index in [1.165, 1.54) is 11.0 Å². The van der Waals surface area contributed by atoms with Crippen molar-refractivity contribution >= 4 is 11.8 Å². The molecule has 0 N–H and O–H groups in total. The van der Waals surface area contributed by atoms with E-state index in [1.807, 2.05) is 13.1 Å². The highest BCUT2D eigenvalue weighted by Crippen LogP contribution is 2.44. The van der Waals surface area contributed by atoms with Crippen LogP contribution >= 0.6 is 0 Å². The molecule has 2 aliphatic heterocycles. The van der Waals surface area contributed by atoms with E-state index in [0.717, 1.165) is 5.69 Å². The summed E-state index contributed by atoms with van der Waals surface area (Å²) in [6.07, 6.45) is 4.57. The number of fused-ring (bicyclic) bond motifs is 2. The van der Waals surface area contributed by atoms with Gasteiger partial charge in [-0.25, -0.2) is 4.98 Å². The average Bonchev–Trinajstić information content (AvgIpc) is 3.13. The second-order valence-corrected chi connectivity index (χ2v) is 6.33. The molecule has 8 heteroatoms. The lowest BCUT2D eigenvalue weighted by molar-refractivity contribution is 0.0331. The van der Waals surface area contributed by atoms with E-state index < -0.39 is 5.54 Å². The van der Waals surface area contributed by atoms with E-state index >= 15 is 0 Å². The van der Waals surface area contributed by atoms with E-state index in [2.05, 4.69) is 15.1 Å². The third-order valence-corrected chi connectivity index (χ3v) is 5.09. The maximum absolute atomic E-state index is 12.5. The second kappa shape index (κ2) is 5.12. The number of rotatable bonds is 1. The Balaban J connectivity index is 1.58. The SMILES string of the molecule is CN1C(=O)c2cccnc2C12CCN(C(=O)c1ncn(C)n1)CC2. The molecule has 4 heterocycles. The molecule has 8 nitrogen and oxygen atoms in total. The van der Waals surface area contributed by atoms with Crippen LogP contribution in [0.5, 0.6) is 0 Å². The zero-order valence-corrected chi connectivity index (χ0v) is 13.6. The monoisotopic (exact) mass is 326 g/mol. The third-order valence-electron chi connectivity index (χ3n) is 5.09. The number of hydrogen-bond donors (Lipinski definition) is 0. The first-order chi connectivity index (χ1) is 11.5. The van der Waals surface area contributed by atoms with Crippen molar-refractivity contribution in [3.05, 3.63) is 41.7 Å². The fourth-order valence-corrected chi connectivity index (χ4v) is 3.71. The van der Waals surface area contributed by atoms with Crippen LogP contribution in [-0.2, 0) is 12.6 Å². The van der Waals surface area contributed by atoms with Crippen molar-refractivity contribution in [2.45, 2.75) is 18.4 Å². The summed E-state index contributed by atoms with van der Waals surface area (Å²) in [5.74, 6) is 0.0470. The average molecular weight is 326 g/mol. The summed E-state index contributed by atoms with van der Waals surface area (Å²) in [6, 6.07) is 3.61. The van der Waals surface area contributed by atoms with Gasteiger partial charge in [0.15, 0.2) is 0 Å². The van der Waals surface area contributed by atoms with Gasteiger partial charge in [-0.15, -0.1) is 5.10 Å². The van der Waals surface area contributed by atoms with Crippen molar-refractivity contribution in [1.29, 1.82) is 0 Å². The number of carbonyl (C=O) groups excluding carboxylic acids is 2. The van der Waals surface area contributed by atoms with Gasteiger partial charge in [-0.1, -0.05) is 0 Å². The molecule has 0 aromatic carbocycles. The first kappa shape index (κ1) is 14.8. The molecule has 4 rings (SSSR count). The van der Waals surface area contributed by atoms with E-state index in [9.17, 15) is 9.59 Å². The summed E-state index contributed by atoms with van der Waals surface area (Å²) < 4.78 is 1.52. The van der Waals surface area contributed by atoms with Crippen LogP contribution in [-0.4, -0.2) is 61.5 Å². The van der Waals surface area contributed by atoms with Gasteiger partial charge in [0, 0.05) is 33.4 Å². The number of carbonyl (C=O) groups is 2. The van der Waals surface area contributed by atoms with Crippen LogP contribution in [0, 0.1) is 0 Å². The van der Waals surface area contributed by atoms with Gasteiger partial charge >= 0.3 is 0 Å². The minimum Gasteiger partial charge on any atom is -0.336 e. The van der Waals surface area contributed by atoms with Crippen LogP contribution in [0.25, 0.3) is 0 Å². The van der Waals surface area contributed by atoms with E-state index in [4.69, 9.17) is 0 Å². The molecule has 2 aliphatic rings. The topological polar surface area (TPSA) is 84.2 Å². The lowest BCUT2D eigenvalue weighted by Crippen LogP contribution is -2.51. The van der Waals surface area contributed by atoms with E-state index in [-0.39, 0.29) is 17.6 Å². The van der Waals surface area contributed by atoms with Crippen LogP contribution in [0.4, 0.5) is 0 Å². The zero-order chi connectivity index (χ0) is 16.9. The number of aromatic nitrogens is 4. The van der Waals surface area contributed by atoms with Crippen molar-refractivity contribution in [3.8, 4) is 0 Å². The Bertz CT molecular complexity index is 821. The predicted molar refractivity (Wildman–Crippen MR) is 84.1 cm³/mol. The van der Waals surface area contributed by atoms with Crippen molar-refractivity contribution in [2.24, 2.45) is 7.05 Å². The molecule has 0 unspecified atom stereocenters. The molecular formula is C16H18N6O2. The van der Waals surface area contributed by atoms with Gasteiger partial charge in [0.25, 0.3) is 11.8 Å². The summed E-state index contributed by atoms with van der Waals surface area (Å²) in [7, 11) is 3.55. The summed E-state index contributed by atoms with van der Waals surface area (Å²) in [4.78, 5) is 37.0. The van der Waals surface area contributed by atoms with Gasteiger partial charge < -0.3 is 9.80 Å². The molecule has 1 spiro atoms. The normalized spacial score (nSPS) is 19.0.